The Bertz CT molecular complexity index is 290. The van der Waals surface area contributed by atoms with Crippen LogP contribution in [0.15, 0.2) is 24.3 Å². The molecule has 0 amide bonds. The quantitative estimate of drug-likeness (QED) is 0.776. The van der Waals surface area contributed by atoms with E-state index in [1.165, 1.54) is 0 Å². The fourth-order valence-electron chi connectivity index (χ4n) is 1.47. The summed E-state index contributed by atoms with van der Waals surface area (Å²) in [4.78, 5) is 0. The SMILES string of the molecule is CCN(CC)P1Nc2ccccc2O1. The van der Waals surface area contributed by atoms with Gasteiger partial charge in [-0.25, -0.2) is 4.67 Å². The van der Waals surface area contributed by atoms with Crippen molar-refractivity contribution in [1.82, 2.24) is 4.67 Å². The van der Waals surface area contributed by atoms with Crippen LogP contribution >= 0.6 is 8.45 Å². The van der Waals surface area contributed by atoms with Gasteiger partial charge in [-0.2, -0.15) is 0 Å². The van der Waals surface area contributed by atoms with Crippen LogP contribution in [0.1, 0.15) is 13.8 Å². The molecule has 1 aromatic carbocycles. The average molecular weight is 210 g/mol. The number of benzene rings is 1. The maximum atomic E-state index is 5.83. The molecule has 14 heavy (non-hydrogen) atoms. The van der Waals surface area contributed by atoms with E-state index in [-0.39, 0.29) is 0 Å². The van der Waals surface area contributed by atoms with Crippen LogP contribution in [-0.4, -0.2) is 17.8 Å². The molecule has 3 nitrogen and oxygen atoms in total. The van der Waals surface area contributed by atoms with Crippen LogP contribution in [-0.2, 0) is 0 Å². The summed E-state index contributed by atoms with van der Waals surface area (Å²) >= 11 is 0. The first kappa shape index (κ1) is 9.75. The van der Waals surface area contributed by atoms with Crippen molar-refractivity contribution >= 4 is 14.1 Å². The largest absolute Gasteiger partial charge is 0.438 e. The first-order valence-electron chi connectivity index (χ1n) is 4.93. The highest BCUT2D eigenvalue weighted by Crippen LogP contribution is 2.51. The molecule has 4 heteroatoms. The van der Waals surface area contributed by atoms with E-state index in [1.807, 2.05) is 18.2 Å². The second-order valence-electron chi connectivity index (χ2n) is 3.11. The predicted molar refractivity (Wildman–Crippen MR) is 60.5 cm³/mol. The maximum absolute atomic E-state index is 5.83. The van der Waals surface area contributed by atoms with Gasteiger partial charge in [-0.05, 0) is 12.1 Å². The lowest BCUT2D eigenvalue weighted by Crippen LogP contribution is -2.20. The highest BCUT2D eigenvalue weighted by molar-refractivity contribution is 7.52. The normalized spacial score (nSPS) is 18.9. The molecule has 0 aliphatic carbocycles. The van der Waals surface area contributed by atoms with Gasteiger partial charge < -0.3 is 9.61 Å². The molecule has 1 unspecified atom stereocenters. The summed E-state index contributed by atoms with van der Waals surface area (Å²) in [7, 11) is -0.652. The van der Waals surface area contributed by atoms with Gasteiger partial charge in [0, 0.05) is 13.1 Å². The first-order valence-corrected chi connectivity index (χ1v) is 6.15. The Morgan fingerprint density at radius 1 is 1.29 bits per heavy atom. The minimum atomic E-state index is -0.652. The number of hydrogen-bond acceptors (Lipinski definition) is 3. The molecule has 1 aliphatic heterocycles. The molecule has 76 valence electrons. The first-order chi connectivity index (χ1) is 6.85. The number of nitrogens with one attached hydrogen (secondary N) is 1. The standard InChI is InChI=1S/C10H15N2OP/c1-3-12(4-2)14-11-9-7-5-6-8-10(9)13-14/h5-8,11H,3-4H2,1-2H3. The second-order valence-corrected chi connectivity index (χ2v) is 4.63. The van der Waals surface area contributed by atoms with Crippen LogP contribution in [0.4, 0.5) is 5.69 Å². The summed E-state index contributed by atoms with van der Waals surface area (Å²) in [6, 6.07) is 8.09. The van der Waals surface area contributed by atoms with E-state index in [9.17, 15) is 0 Å². The van der Waals surface area contributed by atoms with Gasteiger partial charge >= 0.3 is 0 Å². The van der Waals surface area contributed by atoms with Crippen molar-refractivity contribution in [3.63, 3.8) is 0 Å². The van der Waals surface area contributed by atoms with E-state index in [1.54, 1.807) is 0 Å². The molecular weight excluding hydrogens is 195 g/mol. The van der Waals surface area contributed by atoms with Crippen molar-refractivity contribution in [2.75, 3.05) is 18.2 Å². The Balaban J connectivity index is 2.11. The Hall–Kier alpha value is -0.790. The van der Waals surface area contributed by atoms with E-state index in [2.05, 4.69) is 29.7 Å². The Kier molecular flexibility index (Phi) is 2.90. The van der Waals surface area contributed by atoms with Crippen LogP contribution in [0.3, 0.4) is 0 Å². The van der Waals surface area contributed by atoms with E-state index in [0.29, 0.717) is 0 Å². The van der Waals surface area contributed by atoms with Gasteiger partial charge in [0.1, 0.15) is 0 Å². The van der Waals surface area contributed by atoms with E-state index < -0.39 is 8.45 Å². The lowest BCUT2D eigenvalue weighted by Gasteiger charge is -2.22. The molecule has 0 bridgehead atoms. The molecule has 1 N–H and O–H groups in total. The minimum absolute atomic E-state index is 0.652. The van der Waals surface area contributed by atoms with Gasteiger partial charge in [0.05, 0.1) is 5.69 Å². The molecular formula is C10H15N2OP. The van der Waals surface area contributed by atoms with Crippen LogP contribution in [0.5, 0.6) is 5.75 Å². The van der Waals surface area contributed by atoms with Crippen molar-refractivity contribution in [2.45, 2.75) is 13.8 Å². The zero-order valence-electron chi connectivity index (χ0n) is 8.53. The van der Waals surface area contributed by atoms with Crippen molar-refractivity contribution in [2.24, 2.45) is 0 Å². The number of hydrogen-bond donors (Lipinski definition) is 1. The van der Waals surface area contributed by atoms with Crippen LogP contribution < -0.4 is 9.61 Å². The number of nitrogens with zero attached hydrogens (tertiary/aromatic N) is 1. The molecule has 0 fully saturated rings. The Morgan fingerprint density at radius 2 is 2.00 bits per heavy atom. The van der Waals surface area contributed by atoms with E-state index in [0.717, 1.165) is 24.5 Å². The molecule has 0 radical (unpaired) electrons. The van der Waals surface area contributed by atoms with Gasteiger partial charge in [0.25, 0.3) is 8.45 Å². The lowest BCUT2D eigenvalue weighted by molar-refractivity contribution is 0.457. The van der Waals surface area contributed by atoms with Gasteiger partial charge in [-0.3, -0.25) is 0 Å². The molecule has 1 aromatic rings. The monoisotopic (exact) mass is 210 g/mol. The average Bonchev–Trinajstić information content (AvgIpc) is 2.63. The second kappa shape index (κ2) is 4.16. The van der Waals surface area contributed by atoms with E-state index in [4.69, 9.17) is 4.52 Å². The number of anilines is 1. The van der Waals surface area contributed by atoms with Crippen molar-refractivity contribution in [3.8, 4) is 5.75 Å². The fourth-order valence-corrected chi connectivity index (χ4v) is 3.02. The Morgan fingerprint density at radius 3 is 2.64 bits per heavy atom. The third kappa shape index (κ3) is 1.70. The summed E-state index contributed by atoms with van der Waals surface area (Å²) in [6.07, 6.45) is 0. The molecule has 0 saturated carbocycles. The number of rotatable bonds is 3. The number of para-hydroxylation sites is 2. The highest BCUT2D eigenvalue weighted by Gasteiger charge is 2.26. The molecule has 1 aliphatic rings. The molecule has 2 rings (SSSR count). The van der Waals surface area contributed by atoms with Crippen molar-refractivity contribution < 1.29 is 4.52 Å². The summed E-state index contributed by atoms with van der Waals surface area (Å²) in [6.45, 7) is 6.34. The summed E-state index contributed by atoms with van der Waals surface area (Å²) in [5.41, 5.74) is 1.12. The lowest BCUT2D eigenvalue weighted by atomic mass is 10.3. The van der Waals surface area contributed by atoms with Crippen LogP contribution in [0.25, 0.3) is 0 Å². The molecule has 1 atom stereocenters. The summed E-state index contributed by atoms with van der Waals surface area (Å²) < 4.78 is 8.13. The smallest absolute Gasteiger partial charge is 0.276 e. The maximum Gasteiger partial charge on any atom is 0.276 e. The predicted octanol–water partition coefficient (Wildman–Crippen LogP) is 3.06. The van der Waals surface area contributed by atoms with Crippen LogP contribution in [0, 0.1) is 0 Å². The zero-order valence-corrected chi connectivity index (χ0v) is 9.42. The fraction of sp³-hybridized carbons (Fsp3) is 0.400. The highest BCUT2D eigenvalue weighted by atomic mass is 31.2. The molecule has 0 aromatic heterocycles. The third-order valence-electron chi connectivity index (χ3n) is 2.27. The summed E-state index contributed by atoms with van der Waals surface area (Å²) in [5, 5.41) is 3.40. The van der Waals surface area contributed by atoms with Crippen molar-refractivity contribution in [1.29, 1.82) is 0 Å². The minimum Gasteiger partial charge on any atom is -0.438 e. The molecule has 0 saturated heterocycles. The molecule has 0 spiro atoms. The van der Waals surface area contributed by atoms with Gasteiger partial charge in [0.15, 0.2) is 5.75 Å². The molecule has 1 heterocycles. The zero-order chi connectivity index (χ0) is 9.97. The third-order valence-corrected chi connectivity index (χ3v) is 4.16. The van der Waals surface area contributed by atoms with Gasteiger partial charge in [0.2, 0.25) is 0 Å². The van der Waals surface area contributed by atoms with Gasteiger partial charge in [-0.15, -0.1) is 0 Å². The summed E-state index contributed by atoms with van der Waals surface area (Å²) in [5.74, 6) is 0.977. The van der Waals surface area contributed by atoms with E-state index >= 15 is 0 Å². The van der Waals surface area contributed by atoms with Crippen molar-refractivity contribution in [3.05, 3.63) is 24.3 Å². The topological polar surface area (TPSA) is 24.5 Å². The van der Waals surface area contributed by atoms with Crippen LogP contribution in [0.2, 0.25) is 0 Å². The number of fused-ring (bicyclic) bond motifs is 1. The van der Waals surface area contributed by atoms with Gasteiger partial charge in [-0.1, -0.05) is 26.0 Å². The Labute approximate surface area is 86.0 Å².